The summed E-state index contributed by atoms with van der Waals surface area (Å²) in [6, 6.07) is 11.2. The fourth-order valence-electron chi connectivity index (χ4n) is 3.80. The lowest BCUT2D eigenvalue weighted by Gasteiger charge is -2.04. The zero-order valence-electron chi connectivity index (χ0n) is 16.3. The summed E-state index contributed by atoms with van der Waals surface area (Å²) in [7, 11) is 0. The Morgan fingerprint density at radius 3 is 2.68 bits per heavy atom. The highest BCUT2D eigenvalue weighted by Crippen LogP contribution is 2.36. The van der Waals surface area contributed by atoms with E-state index >= 15 is 0 Å². The lowest BCUT2D eigenvalue weighted by molar-refractivity contribution is 0.657. The quantitative estimate of drug-likeness (QED) is 0.378. The first kappa shape index (κ1) is 17.9. The van der Waals surface area contributed by atoms with Crippen LogP contribution in [0.15, 0.2) is 61.2 Å². The first-order valence-corrected chi connectivity index (χ1v) is 10.5. The lowest BCUT2D eigenvalue weighted by Crippen LogP contribution is -1.89. The fourth-order valence-corrected chi connectivity index (χ4v) is 4.56. The van der Waals surface area contributed by atoms with Gasteiger partial charge in [-0.3, -0.25) is 15.1 Å². The van der Waals surface area contributed by atoms with Crippen LogP contribution >= 0.6 is 11.3 Å². The maximum Gasteiger partial charge on any atom is 0.176 e. The van der Waals surface area contributed by atoms with Crippen molar-refractivity contribution in [3.05, 3.63) is 71.9 Å². The highest BCUT2D eigenvalue weighted by Gasteiger charge is 2.16. The standard InChI is InChI=1S/C23H15FN6S/c1-12-6-7-25-9-14(12)16-2-3-17-22(28-16)23(30-29-17)18-8-13-15(10-26-11-19(13)27-18)20-4-5-21(24)31-20/h2-11,27H,1H3,(H,29,30). The van der Waals surface area contributed by atoms with Crippen LogP contribution in [0.5, 0.6) is 0 Å². The Labute approximate surface area is 179 Å². The molecule has 0 atom stereocenters. The van der Waals surface area contributed by atoms with Crippen LogP contribution in [0, 0.1) is 12.1 Å². The first-order chi connectivity index (χ1) is 15.2. The summed E-state index contributed by atoms with van der Waals surface area (Å²) < 4.78 is 13.6. The number of pyridine rings is 3. The monoisotopic (exact) mass is 426 g/mol. The molecule has 0 aliphatic rings. The van der Waals surface area contributed by atoms with Crippen LogP contribution in [0.1, 0.15) is 5.56 Å². The smallest absolute Gasteiger partial charge is 0.176 e. The average molecular weight is 426 g/mol. The van der Waals surface area contributed by atoms with Crippen molar-refractivity contribution in [3.63, 3.8) is 0 Å². The third-order valence-corrected chi connectivity index (χ3v) is 6.27. The molecule has 0 spiro atoms. The van der Waals surface area contributed by atoms with E-state index in [1.54, 1.807) is 24.7 Å². The van der Waals surface area contributed by atoms with E-state index in [2.05, 4.69) is 25.1 Å². The summed E-state index contributed by atoms with van der Waals surface area (Å²) >= 11 is 1.11. The summed E-state index contributed by atoms with van der Waals surface area (Å²) in [5, 5.41) is 8.32. The Kier molecular flexibility index (Phi) is 3.94. The summed E-state index contributed by atoms with van der Waals surface area (Å²) in [5.74, 6) is 0. The van der Waals surface area contributed by atoms with Crippen LogP contribution in [-0.2, 0) is 0 Å². The van der Waals surface area contributed by atoms with Crippen LogP contribution in [0.2, 0.25) is 0 Å². The van der Waals surface area contributed by atoms with E-state index in [4.69, 9.17) is 4.98 Å². The predicted molar refractivity (Wildman–Crippen MR) is 120 cm³/mol. The molecule has 0 saturated heterocycles. The second-order valence-corrected chi connectivity index (χ2v) is 8.32. The zero-order valence-corrected chi connectivity index (χ0v) is 17.2. The molecular formula is C23H15FN6S. The highest BCUT2D eigenvalue weighted by atomic mass is 32.1. The molecule has 2 N–H and O–H groups in total. The minimum Gasteiger partial charge on any atom is -0.352 e. The molecule has 6 heterocycles. The van der Waals surface area contributed by atoms with Crippen LogP contribution in [0.3, 0.4) is 0 Å². The Morgan fingerprint density at radius 2 is 1.84 bits per heavy atom. The number of hydrogen-bond acceptors (Lipinski definition) is 5. The molecule has 0 unspecified atom stereocenters. The van der Waals surface area contributed by atoms with Gasteiger partial charge in [-0.2, -0.15) is 9.49 Å². The summed E-state index contributed by atoms with van der Waals surface area (Å²) in [4.78, 5) is 17.7. The van der Waals surface area contributed by atoms with E-state index in [9.17, 15) is 4.39 Å². The molecule has 0 aliphatic heterocycles. The van der Waals surface area contributed by atoms with Crippen molar-refractivity contribution >= 4 is 33.3 Å². The van der Waals surface area contributed by atoms with E-state index in [0.29, 0.717) is 0 Å². The predicted octanol–water partition coefficient (Wildman–Crippen LogP) is 5.74. The number of rotatable bonds is 3. The van der Waals surface area contributed by atoms with Crippen molar-refractivity contribution in [2.45, 2.75) is 6.92 Å². The van der Waals surface area contributed by atoms with Gasteiger partial charge in [0.05, 0.1) is 28.6 Å². The largest absolute Gasteiger partial charge is 0.352 e. The molecule has 0 aliphatic carbocycles. The second-order valence-electron chi connectivity index (χ2n) is 7.29. The number of nitrogens with zero attached hydrogens (tertiary/aromatic N) is 4. The molecule has 0 fully saturated rings. The van der Waals surface area contributed by atoms with E-state index in [1.807, 2.05) is 37.4 Å². The van der Waals surface area contributed by atoms with Gasteiger partial charge in [-0.15, -0.1) is 11.3 Å². The molecule has 6 nitrogen and oxygen atoms in total. The summed E-state index contributed by atoms with van der Waals surface area (Å²) in [5.41, 5.74) is 7.83. The van der Waals surface area contributed by atoms with Gasteiger partial charge in [0.15, 0.2) is 5.13 Å². The Bertz CT molecular complexity index is 1580. The molecular weight excluding hydrogens is 411 g/mol. The molecule has 0 radical (unpaired) electrons. The maximum atomic E-state index is 13.6. The molecule has 31 heavy (non-hydrogen) atoms. The molecule has 6 aromatic rings. The van der Waals surface area contributed by atoms with Crippen molar-refractivity contribution in [3.8, 4) is 33.1 Å². The number of nitrogens with one attached hydrogen (secondary N) is 2. The Morgan fingerprint density at radius 1 is 0.935 bits per heavy atom. The SMILES string of the molecule is Cc1ccncc1-c1ccc2[nH]nc(-c3cc4c(-c5ccc(F)s5)cncc4[nH]3)c2n1. The van der Waals surface area contributed by atoms with Crippen molar-refractivity contribution in [1.29, 1.82) is 0 Å². The Hall–Kier alpha value is -3.91. The normalized spacial score (nSPS) is 11.5. The number of aryl methyl sites for hydroxylation is 1. The van der Waals surface area contributed by atoms with Gasteiger partial charge >= 0.3 is 0 Å². The van der Waals surface area contributed by atoms with Gasteiger partial charge in [0.2, 0.25) is 0 Å². The molecule has 0 saturated carbocycles. The number of halogens is 1. The molecule has 6 aromatic heterocycles. The second kappa shape index (κ2) is 6.82. The third kappa shape index (κ3) is 2.91. The lowest BCUT2D eigenvalue weighted by atomic mass is 10.1. The van der Waals surface area contributed by atoms with Gasteiger partial charge in [-0.05, 0) is 48.9 Å². The van der Waals surface area contributed by atoms with E-state index in [1.165, 1.54) is 6.07 Å². The number of aromatic amines is 2. The summed E-state index contributed by atoms with van der Waals surface area (Å²) in [6.45, 7) is 2.04. The van der Waals surface area contributed by atoms with Gasteiger partial charge in [-0.25, -0.2) is 4.98 Å². The number of thiophene rings is 1. The van der Waals surface area contributed by atoms with Gasteiger partial charge < -0.3 is 4.98 Å². The van der Waals surface area contributed by atoms with Gasteiger partial charge in [0, 0.05) is 40.0 Å². The molecule has 8 heteroatoms. The van der Waals surface area contributed by atoms with Crippen LogP contribution in [-0.4, -0.2) is 30.1 Å². The molecule has 0 amide bonds. The number of H-pyrrole nitrogens is 2. The minimum absolute atomic E-state index is 0.219. The molecule has 0 aromatic carbocycles. The molecule has 0 bridgehead atoms. The zero-order chi connectivity index (χ0) is 20.9. The van der Waals surface area contributed by atoms with E-state index in [-0.39, 0.29) is 5.13 Å². The highest BCUT2D eigenvalue weighted by molar-refractivity contribution is 7.14. The number of fused-ring (bicyclic) bond motifs is 2. The summed E-state index contributed by atoms with van der Waals surface area (Å²) in [6.07, 6.45) is 7.12. The van der Waals surface area contributed by atoms with Crippen molar-refractivity contribution in [2.24, 2.45) is 0 Å². The number of hydrogen-bond donors (Lipinski definition) is 2. The van der Waals surface area contributed by atoms with Crippen molar-refractivity contribution < 1.29 is 4.39 Å². The Balaban J connectivity index is 1.52. The van der Waals surface area contributed by atoms with Crippen molar-refractivity contribution in [2.75, 3.05) is 0 Å². The number of aromatic nitrogens is 6. The first-order valence-electron chi connectivity index (χ1n) is 9.66. The third-order valence-electron chi connectivity index (χ3n) is 5.36. The maximum absolute atomic E-state index is 13.6. The molecule has 150 valence electrons. The van der Waals surface area contributed by atoms with Crippen LogP contribution in [0.4, 0.5) is 4.39 Å². The fraction of sp³-hybridized carbons (Fsp3) is 0.0435. The minimum atomic E-state index is -0.219. The van der Waals surface area contributed by atoms with E-state index in [0.717, 1.165) is 71.9 Å². The van der Waals surface area contributed by atoms with E-state index < -0.39 is 0 Å². The topological polar surface area (TPSA) is 83.1 Å². The van der Waals surface area contributed by atoms with Gasteiger partial charge in [0.1, 0.15) is 11.2 Å². The van der Waals surface area contributed by atoms with Gasteiger partial charge in [0.25, 0.3) is 0 Å². The van der Waals surface area contributed by atoms with Crippen LogP contribution in [0.25, 0.3) is 55.0 Å². The average Bonchev–Trinajstić information content (AvgIpc) is 3.50. The van der Waals surface area contributed by atoms with Crippen molar-refractivity contribution in [1.82, 2.24) is 30.1 Å². The van der Waals surface area contributed by atoms with Crippen LogP contribution < -0.4 is 0 Å². The molecule has 6 rings (SSSR count). The van der Waals surface area contributed by atoms with Gasteiger partial charge in [-0.1, -0.05) is 0 Å².